The lowest BCUT2D eigenvalue weighted by molar-refractivity contribution is 0.619. The highest BCUT2D eigenvalue weighted by molar-refractivity contribution is 9.10. The van der Waals surface area contributed by atoms with Crippen LogP contribution in [-0.4, -0.2) is 5.25 Å². The Labute approximate surface area is 128 Å². The lowest BCUT2D eigenvalue weighted by Crippen LogP contribution is -2.19. The second-order valence-electron chi connectivity index (χ2n) is 4.65. The van der Waals surface area contributed by atoms with E-state index in [1.807, 2.05) is 17.8 Å². The Morgan fingerprint density at radius 3 is 3.00 bits per heavy atom. The van der Waals surface area contributed by atoms with Gasteiger partial charge in [-0.1, -0.05) is 6.92 Å². The highest BCUT2D eigenvalue weighted by atomic mass is 79.9. The maximum absolute atomic E-state index is 13.6. The first-order chi connectivity index (χ1) is 9.13. The number of anilines is 1. The van der Waals surface area contributed by atoms with Gasteiger partial charge in [0.1, 0.15) is 5.82 Å². The zero-order valence-electron chi connectivity index (χ0n) is 10.3. The van der Waals surface area contributed by atoms with Crippen molar-refractivity contribution in [3.05, 3.63) is 45.5 Å². The van der Waals surface area contributed by atoms with Gasteiger partial charge in [0.05, 0.1) is 14.7 Å². The van der Waals surface area contributed by atoms with Crippen molar-refractivity contribution in [1.29, 1.82) is 0 Å². The number of benzene rings is 1. The molecule has 1 aromatic heterocycles. The van der Waals surface area contributed by atoms with Crippen LogP contribution in [0.4, 0.5) is 10.1 Å². The molecule has 0 saturated carbocycles. The third-order valence-corrected chi connectivity index (χ3v) is 6.16. The molecular weight excluding hydrogens is 345 g/mol. The maximum Gasteiger partial charge on any atom is 0.139 e. The smallest absolute Gasteiger partial charge is 0.139 e. The Bertz CT molecular complexity index is 599. The van der Waals surface area contributed by atoms with Gasteiger partial charge >= 0.3 is 0 Å². The Hall–Kier alpha value is -0.520. The molecule has 0 aliphatic carbocycles. The lowest BCUT2D eigenvalue weighted by Gasteiger charge is -2.28. The van der Waals surface area contributed by atoms with Crippen LogP contribution in [0.3, 0.4) is 0 Å². The fraction of sp³-hybridized carbons (Fsp3) is 0.286. The molecule has 2 heterocycles. The molecule has 19 heavy (non-hydrogen) atoms. The summed E-state index contributed by atoms with van der Waals surface area (Å²) in [5.74, 6) is -0.228. The quantitative estimate of drug-likeness (QED) is 0.740. The summed E-state index contributed by atoms with van der Waals surface area (Å²) in [6, 6.07) is 7.64. The molecule has 0 spiro atoms. The van der Waals surface area contributed by atoms with Crippen molar-refractivity contribution in [3.8, 4) is 0 Å². The summed E-state index contributed by atoms with van der Waals surface area (Å²) in [7, 11) is 0. The molecule has 5 heteroatoms. The van der Waals surface area contributed by atoms with E-state index in [0.29, 0.717) is 9.72 Å². The van der Waals surface area contributed by atoms with Crippen LogP contribution in [-0.2, 0) is 0 Å². The van der Waals surface area contributed by atoms with Gasteiger partial charge in [0.15, 0.2) is 0 Å². The van der Waals surface area contributed by atoms with Crippen LogP contribution in [0.25, 0.3) is 0 Å². The van der Waals surface area contributed by atoms with Crippen molar-refractivity contribution in [1.82, 2.24) is 0 Å². The zero-order valence-corrected chi connectivity index (χ0v) is 13.5. The van der Waals surface area contributed by atoms with E-state index in [0.717, 1.165) is 12.1 Å². The molecule has 2 aromatic rings. The van der Waals surface area contributed by atoms with E-state index in [1.54, 1.807) is 23.5 Å². The van der Waals surface area contributed by atoms with E-state index in [1.165, 1.54) is 9.77 Å². The number of rotatable bonds is 2. The molecule has 0 amide bonds. The normalized spacial score (nSPS) is 22.1. The van der Waals surface area contributed by atoms with E-state index in [2.05, 4.69) is 39.6 Å². The van der Waals surface area contributed by atoms with Crippen molar-refractivity contribution in [2.24, 2.45) is 0 Å². The fourth-order valence-corrected chi connectivity index (χ4v) is 5.09. The molecule has 1 aliphatic heterocycles. The number of thioether (sulfide) groups is 1. The maximum atomic E-state index is 13.6. The Morgan fingerprint density at radius 2 is 2.21 bits per heavy atom. The van der Waals surface area contributed by atoms with Gasteiger partial charge in [-0.2, -0.15) is 0 Å². The third-order valence-electron chi connectivity index (χ3n) is 3.17. The molecule has 1 aliphatic rings. The first kappa shape index (κ1) is 13.5. The molecule has 0 bridgehead atoms. The zero-order chi connectivity index (χ0) is 13.4. The number of hydrogen-bond donors (Lipinski definition) is 1. The van der Waals surface area contributed by atoms with Crippen molar-refractivity contribution in [3.63, 3.8) is 0 Å². The van der Waals surface area contributed by atoms with E-state index >= 15 is 0 Å². The van der Waals surface area contributed by atoms with Crippen LogP contribution in [0.2, 0.25) is 0 Å². The molecule has 100 valence electrons. The van der Waals surface area contributed by atoms with Crippen molar-refractivity contribution in [2.75, 3.05) is 5.32 Å². The van der Waals surface area contributed by atoms with Gasteiger partial charge in [-0.15, -0.1) is 23.1 Å². The minimum absolute atomic E-state index is 0.228. The molecular formula is C14H13BrFNS2. The lowest BCUT2D eigenvalue weighted by atomic mass is 10.0. The highest BCUT2D eigenvalue weighted by Crippen LogP contribution is 2.44. The van der Waals surface area contributed by atoms with Crippen molar-refractivity contribution < 1.29 is 4.39 Å². The molecule has 0 fully saturated rings. The SMILES string of the molecule is C[C@H]1CC(Nc2ccc(Br)c(F)c2)c2ccsc2S1. The van der Waals surface area contributed by atoms with Gasteiger partial charge in [0.2, 0.25) is 0 Å². The molecule has 1 N–H and O–H groups in total. The summed E-state index contributed by atoms with van der Waals surface area (Å²) in [5, 5.41) is 6.17. The summed E-state index contributed by atoms with van der Waals surface area (Å²) in [4.78, 5) is 0. The molecule has 1 unspecified atom stereocenters. The van der Waals surface area contributed by atoms with Gasteiger partial charge < -0.3 is 5.32 Å². The van der Waals surface area contributed by atoms with E-state index in [-0.39, 0.29) is 11.9 Å². The summed E-state index contributed by atoms with van der Waals surface area (Å²) in [5.41, 5.74) is 2.18. The van der Waals surface area contributed by atoms with Gasteiger partial charge in [-0.05, 0) is 57.6 Å². The summed E-state index contributed by atoms with van der Waals surface area (Å²) in [6.07, 6.45) is 1.06. The Balaban J connectivity index is 1.86. The van der Waals surface area contributed by atoms with Crippen LogP contribution < -0.4 is 5.32 Å². The van der Waals surface area contributed by atoms with Gasteiger partial charge in [-0.3, -0.25) is 0 Å². The predicted molar refractivity (Wildman–Crippen MR) is 84.7 cm³/mol. The monoisotopic (exact) mass is 357 g/mol. The Morgan fingerprint density at radius 1 is 1.37 bits per heavy atom. The second-order valence-corrected chi connectivity index (χ2v) is 8.13. The highest BCUT2D eigenvalue weighted by Gasteiger charge is 2.26. The van der Waals surface area contributed by atoms with E-state index < -0.39 is 0 Å². The van der Waals surface area contributed by atoms with E-state index in [4.69, 9.17) is 0 Å². The average Bonchev–Trinajstić information content (AvgIpc) is 2.82. The van der Waals surface area contributed by atoms with Crippen LogP contribution in [0.1, 0.15) is 24.9 Å². The van der Waals surface area contributed by atoms with E-state index in [9.17, 15) is 4.39 Å². The first-order valence-corrected chi connectivity index (χ1v) is 8.64. The molecule has 1 nitrogen and oxygen atoms in total. The standard InChI is InChI=1S/C14H13BrFNS2/c1-8-6-13(10-4-5-18-14(10)19-8)17-9-2-3-11(15)12(16)7-9/h2-5,7-8,13,17H,6H2,1H3/t8-,13?/m0/s1. The van der Waals surface area contributed by atoms with Crippen molar-refractivity contribution >= 4 is 44.7 Å². The predicted octanol–water partition coefficient (Wildman–Crippen LogP) is 5.69. The van der Waals surface area contributed by atoms with Crippen LogP contribution in [0.15, 0.2) is 38.3 Å². The largest absolute Gasteiger partial charge is 0.378 e. The molecule has 0 saturated heterocycles. The molecule has 2 atom stereocenters. The van der Waals surface area contributed by atoms with Gasteiger partial charge in [0.25, 0.3) is 0 Å². The minimum Gasteiger partial charge on any atom is -0.378 e. The van der Waals surface area contributed by atoms with Crippen LogP contribution >= 0.6 is 39.0 Å². The number of halogens is 2. The van der Waals surface area contributed by atoms with Gasteiger partial charge in [0, 0.05) is 10.9 Å². The number of nitrogens with one attached hydrogen (secondary N) is 1. The summed E-state index contributed by atoms with van der Waals surface area (Å²) < 4.78 is 15.4. The average molecular weight is 358 g/mol. The van der Waals surface area contributed by atoms with Gasteiger partial charge in [-0.25, -0.2) is 4.39 Å². The molecule has 1 aromatic carbocycles. The second kappa shape index (κ2) is 5.46. The summed E-state index contributed by atoms with van der Waals surface area (Å²) >= 11 is 6.91. The molecule has 3 rings (SSSR count). The first-order valence-electron chi connectivity index (χ1n) is 6.09. The number of hydrogen-bond acceptors (Lipinski definition) is 3. The van der Waals surface area contributed by atoms with Crippen molar-refractivity contribution in [2.45, 2.75) is 28.8 Å². The van der Waals surface area contributed by atoms with Crippen LogP contribution in [0.5, 0.6) is 0 Å². The Kier molecular flexibility index (Phi) is 3.87. The topological polar surface area (TPSA) is 12.0 Å². The fourth-order valence-electron chi connectivity index (χ4n) is 2.27. The third kappa shape index (κ3) is 2.83. The minimum atomic E-state index is -0.228. The number of thiophene rings is 1. The summed E-state index contributed by atoms with van der Waals surface area (Å²) in [6.45, 7) is 2.24. The number of fused-ring (bicyclic) bond motifs is 1. The van der Waals surface area contributed by atoms with Crippen LogP contribution in [0, 0.1) is 5.82 Å². The molecule has 0 radical (unpaired) electrons.